The molecule has 0 aromatic heterocycles. The second-order valence-electron chi connectivity index (χ2n) is 4.05. The van der Waals surface area contributed by atoms with Crippen molar-refractivity contribution >= 4 is 17.4 Å². The fourth-order valence-corrected chi connectivity index (χ4v) is 2.12. The molecule has 0 heterocycles. The van der Waals surface area contributed by atoms with E-state index in [0.717, 1.165) is 24.0 Å². The third-order valence-corrected chi connectivity index (χ3v) is 2.99. The van der Waals surface area contributed by atoms with Crippen molar-refractivity contribution in [2.45, 2.75) is 25.7 Å². The molecule has 0 aliphatic heterocycles. The molecule has 0 unspecified atom stereocenters. The van der Waals surface area contributed by atoms with Gasteiger partial charge in [0.1, 0.15) is 5.82 Å². The number of allylic oxidation sites excluding steroid dienone is 2. The van der Waals surface area contributed by atoms with E-state index in [-0.39, 0.29) is 10.8 Å². The maximum absolute atomic E-state index is 12.9. The molecular formula is C13H12ClFO. The summed E-state index contributed by atoms with van der Waals surface area (Å²) in [6, 6.07) is 4.70. The number of ketones is 1. The third kappa shape index (κ3) is 2.70. The molecule has 0 saturated heterocycles. The van der Waals surface area contributed by atoms with Gasteiger partial charge in [-0.15, -0.1) is 0 Å². The Balaban J connectivity index is 2.14. The SMILES string of the molecule is O=C1C=C(Cc2ccc(F)c(Cl)c2)CCC1. The molecule has 0 N–H and O–H groups in total. The van der Waals surface area contributed by atoms with Gasteiger partial charge in [-0.25, -0.2) is 4.39 Å². The summed E-state index contributed by atoms with van der Waals surface area (Å²) in [7, 11) is 0. The highest BCUT2D eigenvalue weighted by Crippen LogP contribution is 2.22. The number of benzene rings is 1. The van der Waals surface area contributed by atoms with Gasteiger partial charge in [0.25, 0.3) is 0 Å². The van der Waals surface area contributed by atoms with Crippen LogP contribution in [0.1, 0.15) is 24.8 Å². The summed E-state index contributed by atoms with van der Waals surface area (Å²) in [6.45, 7) is 0. The Morgan fingerprint density at radius 2 is 2.12 bits per heavy atom. The average Bonchev–Trinajstić information content (AvgIpc) is 2.24. The molecule has 3 heteroatoms. The normalized spacial score (nSPS) is 16.1. The number of halogens is 2. The first-order valence-corrected chi connectivity index (χ1v) is 5.69. The van der Waals surface area contributed by atoms with Gasteiger partial charge in [0.2, 0.25) is 0 Å². The zero-order valence-corrected chi connectivity index (χ0v) is 9.56. The van der Waals surface area contributed by atoms with Crippen LogP contribution in [0.4, 0.5) is 4.39 Å². The lowest BCUT2D eigenvalue weighted by molar-refractivity contribution is -0.115. The second kappa shape index (κ2) is 4.79. The molecule has 0 saturated carbocycles. The van der Waals surface area contributed by atoms with Gasteiger partial charge in [0, 0.05) is 6.42 Å². The van der Waals surface area contributed by atoms with E-state index < -0.39 is 5.82 Å². The predicted octanol–water partition coefficient (Wildman–Crippen LogP) is 3.70. The Hall–Kier alpha value is -1.15. The smallest absolute Gasteiger partial charge is 0.155 e. The number of carbonyl (C=O) groups excluding carboxylic acids is 1. The van der Waals surface area contributed by atoms with Crippen molar-refractivity contribution in [3.8, 4) is 0 Å². The van der Waals surface area contributed by atoms with Gasteiger partial charge in [-0.05, 0) is 43.0 Å². The van der Waals surface area contributed by atoms with Gasteiger partial charge in [-0.3, -0.25) is 4.79 Å². The van der Waals surface area contributed by atoms with Crippen molar-refractivity contribution in [3.63, 3.8) is 0 Å². The highest BCUT2D eigenvalue weighted by atomic mass is 35.5. The van der Waals surface area contributed by atoms with Crippen molar-refractivity contribution in [2.24, 2.45) is 0 Å². The first kappa shape index (κ1) is 11.3. The minimum absolute atomic E-state index is 0.139. The Morgan fingerprint density at radius 1 is 1.31 bits per heavy atom. The van der Waals surface area contributed by atoms with Crippen LogP contribution < -0.4 is 0 Å². The molecule has 16 heavy (non-hydrogen) atoms. The minimum atomic E-state index is -0.404. The van der Waals surface area contributed by atoms with Gasteiger partial charge in [0.15, 0.2) is 5.78 Å². The van der Waals surface area contributed by atoms with Crippen LogP contribution >= 0.6 is 11.6 Å². The summed E-state index contributed by atoms with van der Waals surface area (Å²) < 4.78 is 12.9. The van der Waals surface area contributed by atoms with Crippen LogP contribution in [0.5, 0.6) is 0 Å². The highest BCUT2D eigenvalue weighted by molar-refractivity contribution is 6.30. The molecule has 0 spiro atoms. The molecule has 84 valence electrons. The monoisotopic (exact) mass is 238 g/mol. The molecule has 1 nitrogen and oxygen atoms in total. The zero-order valence-electron chi connectivity index (χ0n) is 8.80. The van der Waals surface area contributed by atoms with Crippen LogP contribution in [0, 0.1) is 5.82 Å². The van der Waals surface area contributed by atoms with Gasteiger partial charge in [-0.1, -0.05) is 23.2 Å². The molecule has 0 amide bonds. The fourth-order valence-electron chi connectivity index (χ4n) is 1.91. The van der Waals surface area contributed by atoms with E-state index in [4.69, 9.17) is 11.6 Å². The lowest BCUT2D eigenvalue weighted by Gasteiger charge is -2.12. The van der Waals surface area contributed by atoms with Crippen LogP contribution in [0.25, 0.3) is 0 Å². The molecule has 2 rings (SSSR count). The zero-order chi connectivity index (χ0) is 11.5. The van der Waals surface area contributed by atoms with E-state index in [9.17, 15) is 9.18 Å². The van der Waals surface area contributed by atoms with E-state index in [0.29, 0.717) is 12.8 Å². The first-order chi connectivity index (χ1) is 7.65. The molecule has 1 aliphatic rings. The quantitative estimate of drug-likeness (QED) is 0.768. The van der Waals surface area contributed by atoms with Crippen molar-refractivity contribution in [2.75, 3.05) is 0 Å². The summed E-state index contributed by atoms with van der Waals surface area (Å²) >= 11 is 5.70. The predicted molar refractivity (Wildman–Crippen MR) is 62.1 cm³/mol. The fraction of sp³-hybridized carbons (Fsp3) is 0.308. The maximum Gasteiger partial charge on any atom is 0.155 e. The minimum Gasteiger partial charge on any atom is -0.295 e. The summed E-state index contributed by atoms with van der Waals surface area (Å²) in [5.74, 6) is -0.214. The standard InChI is InChI=1S/C13H12ClFO/c14-12-8-10(4-5-13(12)15)6-9-2-1-3-11(16)7-9/h4-5,7-8H,1-3,6H2. The molecular weight excluding hydrogens is 227 g/mol. The molecule has 0 atom stereocenters. The van der Waals surface area contributed by atoms with E-state index >= 15 is 0 Å². The first-order valence-electron chi connectivity index (χ1n) is 5.31. The number of hydrogen-bond donors (Lipinski definition) is 0. The maximum atomic E-state index is 12.9. The van der Waals surface area contributed by atoms with E-state index in [1.165, 1.54) is 6.07 Å². The van der Waals surface area contributed by atoms with Crippen LogP contribution in [0.3, 0.4) is 0 Å². The van der Waals surface area contributed by atoms with Crippen LogP contribution in [-0.4, -0.2) is 5.78 Å². The average molecular weight is 239 g/mol. The molecule has 0 radical (unpaired) electrons. The molecule has 1 aromatic rings. The van der Waals surface area contributed by atoms with Crippen LogP contribution in [-0.2, 0) is 11.2 Å². The Labute approximate surface area is 98.9 Å². The Bertz CT molecular complexity index is 451. The molecule has 0 fully saturated rings. The largest absolute Gasteiger partial charge is 0.295 e. The summed E-state index contributed by atoms with van der Waals surface area (Å²) in [6.07, 6.45) is 4.90. The number of rotatable bonds is 2. The van der Waals surface area contributed by atoms with Crippen LogP contribution in [0.15, 0.2) is 29.8 Å². The van der Waals surface area contributed by atoms with Gasteiger partial charge >= 0.3 is 0 Å². The lowest BCUT2D eigenvalue weighted by Crippen LogP contribution is -2.04. The van der Waals surface area contributed by atoms with Crippen molar-refractivity contribution < 1.29 is 9.18 Å². The molecule has 1 aromatic carbocycles. The van der Waals surface area contributed by atoms with Crippen molar-refractivity contribution in [3.05, 3.63) is 46.3 Å². The Kier molecular flexibility index (Phi) is 3.39. The molecule has 1 aliphatic carbocycles. The number of hydrogen-bond acceptors (Lipinski definition) is 1. The summed E-state index contributed by atoms with van der Waals surface area (Å²) in [5, 5.41) is 0.139. The van der Waals surface area contributed by atoms with E-state index in [2.05, 4.69) is 0 Å². The highest BCUT2D eigenvalue weighted by Gasteiger charge is 2.10. The number of carbonyl (C=O) groups is 1. The van der Waals surface area contributed by atoms with E-state index in [1.807, 2.05) is 0 Å². The van der Waals surface area contributed by atoms with E-state index in [1.54, 1.807) is 18.2 Å². The summed E-state index contributed by atoms with van der Waals surface area (Å²) in [5.41, 5.74) is 2.06. The molecule has 0 bridgehead atoms. The topological polar surface area (TPSA) is 17.1 Å². The van der Waals surface area contributed by atoms with Crippen molar-refractivity contribution in [1.29, 1.82) is 0 Å². The van der Waals surface area contributed by atoms with Crippen LogP contribution in [0.2, 0.25) is 5.02 Å². The summed E-state index contributed by atoms with van der Waals surface area (Å²) in [4.78, 5) is 11.2. The van der Waals surface area contributed by atoms with Gasteiger partial charge < -0.3 is 0 Å². The second-order valence-corrected chi connectivity index (χ2v) is 4.45. The van der Waals surface area contributed by atoms with Gasteiger partial charge in [-0.2, -0.15) is 0 Å². The Morgan fingerprint density at radius 3 is 2.81 bits per heavy atom. The third-order valence-electron chi connectivity index (χ3n) is 2.70. The van der Waals surface area contributed by atoms with Crippen molar-refractivity contribution in [1.82, 2.24) is 0 Å². The lowest BCUT2D eigenvalue weighted by atomic mass is 9.93. The van der Waals surface area contributed by atoms with Gasteiger partial charge in [0.05, 0.1) is 5.02 Å².